The second kappa shape index (κ2) is 11.8. The Balaban J connectivity index is 0.00000165. The van der Waals surface area contributed by atoms with E-state index in [-0.39, 0.29) is 29.3 Å². The van der Waals surface area contributed by atoms with Gasteiger partial charge in [0, 0.05) is 49.0 Å². The second-order valence-corrected chi connectivity index (χ2v) is 12.1. The largest absolute Gasteiger partial charge is 0.323 e. The standard InChI is InChI=1S/C31H31Cl2N5O.CH2O/c1-31(2)22(14-30(39)37-18-21-7-4-3-6-19(21)12-29(37)34)13-24(31)28-16-27(20-8-5-11-35-17-20)36-38(28)23-9-10-25(32)26(33)15-23;1-2/h3-11,15-17,22,24,29H,12-14,18,34H2,1-2H3;1H2/t22-,24-,29?;/m1./s1. The van der Waals surface area contributed by atoms with Crippen LogP contribution in [0.15, 0.2) is 73.1 Å². The van der Waals surface area contributed by atoms with E-state index < -0.39 is 0 Å². The van der Waals surface area contributed by atoms with Crippen molar-refractivity contribution in [3.05, 3.63) is 99.9 Å². The highest BCUT2D eigenvalue weighted by Crippen LogP contribution is 2.58. The average Bonchev–Trinajstić information content (AvgIpc) is 3.42. The number of hydrogen-bond acceptors (Lipinski definition) is 5. The highest BCUT2D eigenvalue weighted by molar-refractivity contribution is 6.42. The molecule has 2 N–H and O–H groups in total. The van der Waals surface area contributed by atoms with Crippen LogP contribution in [-0.4, -0.2) is 38.5 Å². The van der Waals surface area contributed by atoms with E-state index >= 15 is 0 Å². The summed E-state index contributed by atoms with van der Waals surface area (Å²) in [6.07, 6.45) is 5.35. The van der Waals surface area contributed by atoms with Crippen molar-refractivity contribution in [1.82, 2.24) is 19.7 Å². The highest BCUT2D eigenvalue weighted by Gasteiger charge is 2.51. The SMILES string of the molecule is C=O.CC1(C)[C@@H](CC(=O)N2Cc3ccccc3CC2N)C[C@@H]1c1cc(-c2cccnc2)nn1-c1ccc(Cl)c(Cl)c1. The lowest BCUT2D eigenvalue weighted by Gasteiger charge is -2.52. The third-order valence-electron chi connectivity index (χ3n) is 8.70. The molecule has 1 saturated carbocycles. The molecule has 212 valence electrons. The van der Waals surface area contributed by atoms with Gasteiger partial charge < -0.3 is 15.4 Å². The van der Waals surface area contributed by atoms with Gasteiger partial charge in [-0.3, -0.25) is 9.78 Å². The Morgan fingerprint density at radius 1 is 1.05 bits per heavy atom. The summed E-state index contributed by atoms with van der Waals surface area (Å²) in [5, 5.41) is 5.95. The Labute approximate surface area is 250 Å². The van der Waals surface area contributed by atoms with Crippen LogP contribution in [0.5, 0.6) is 0 Å². The maximum atomic E-state index is 13.5. The molecule has 0 spiro atoms. The number of benzene rings is 2. The number of amides is 1. The van der Waals surface area contributed by atoms with Crippen LogP contribution in [0, 0.1) is 11.3 Å². The van der Waals surface area contributed by atoms with Gasteiger partial charge in [-0.25, -0.2) is 4.68 Å². The zero-order valence-electron chi connectivity index (χ0n) is 23.1. The van der Waals surface area contributed by atoms with Gasteiger partial charge in [-0.1, -0.05) is 61.3 Å². The molecule has 3 heterocycles. The van der Waals surface area contributed by atoms with Gasteiger partial charge in [0.25, 0.3) is 0 Å². The molecule has 3 atom stereocenters. The van der Waals surface area contributed by atoms with Crippen molar-refractivity contribution in [1.29, 1.82) is 0 Å². The number of hydrogen-bond donors (Lipinski definition) is 1. The molecule has 41 heavy (non-hydrogen) atoms. The maximum Gasteiger partial charge on any atom is 0.224 e. The van der Waals surface area contributed by atoms with Crippen molar-refractivity contribution >= 4 is 35.9 Å². The summed E-state index contributed by atoms with van der Waals surface area (Å²) in [6.45, 7) is 7.08. The third-order valence-corrected chi connectivity index (χ3v) is 9.44. The van der Waals surface area contributed by atoms with E-state index in [1.165, 1.54) is 11.1 Å². The minimum atomic E-state index is -0.287. The molecule has 2 aromatic carbocycles. The minimum Gasteiger partial charge on any atom is -0.323 e. The molecule has 0 saturated heterocycles. The molecular formula is C32H33Cl2N5O2. The lowest BCUT2D eigenvalue weighted by atomic mass is 9.52. The molecule has 2 aliphatic rings. The third kappa shape index (κ3) is 5.54. The molecule has 0 radical (unpaired) electrons. The highest BCUT2D eigenvalue weighted by atomic mass is 35.5. The van der Waals surface area contributed by atoms with Gasteiger partial charge in [-0.15, -0.1) is 0 Å². The summed E-state index contributed by atoms with van der Waals surface area (Å²) in [5.41, 5.74) is 12.5. The van der Waals surface area contributed by atoms with Gasteiger partial charge in [0.15, 0.2) is 0 Å². The van der Waals surface area contributed by atoms with Crippen LogP contribution in [0.1, 0.15) is 49.4 Å². The van der Waals surface area contributed by atoms with Gasteiger partial charge in [-0.2, -0.15) is 5.10 Å². The van der Waals surface area contributed by atoms with Gasteiger partial charge in [0.2, 0.25) is 5.91 Å². The average molecular weight is 591 g/mol. The molecule has 7 nitrogen and oxygen atoms in total. The number of rotatable bonds is 5. The van der Waals surface area contributed by atoms with Crippen molar-refractivity contribution in [2.24, 2.45) is 17.1 Å². The van der Waals surface area contributed by atoms with Gasteiger partial charge in [0.1, 0.15) is 6.79 Å². The van der Waals surface area contributed by atoms with Crippen molar-refractivity contribution in [3.63, 3.8) is 0 Å². The topological polar surface area (TPSA) is 94.1 Å². The smallest absolute Gasteiger partial charge is 0.224 e. The fourth-order valence-corrected chi connectivity index (χ4v) is 6.43. The first-order chi connectivity index (χ1) is 19.7. The van der Waals surface area contributed by atoms with E-state index in [1.807, 2.05) is 59.0 Å². The lowest BCUT2D eigenvalue weighted by Crippen LogP contribution is -2.52. The minimum absolute atomic E-state index is 0.117. The van der Waals surface area contributed by atoms with Crippen LogP contribution in [-0.2, 0) is 22.6 Å². The quantitative estimate of drug-likeness (QED) is 0.289. The predicted molar refractivity (Wildman–Crippen MR) is 162 cm³/mol. The second-order valence-electron chi connectivity index (χ2n) is 11.3. The predicted octanol–water partition coefficient (Wildman–Crippen LogP) is 6.45. The molecule has 1 unspecified atom stereocenters. The van der Waals surface area contributed by atoms with Gasteiger partial charge in [0.05, 0.1) is 27.6 Å². The fourth-order valence-electron chi connectivity index (χ4n) is 6.14. The van der Waals surface area contributed by atoms with E-state index in [9.17, 15) is 4.79 Å². The summed E-state index contributed by atoms with van der Waals surface area (Å²) >= 11 is 12.6. The monoisotopic (exact) mass is 589 g/mol. The van der Waals surface area contributed by atoms with Crippen LogP contribution >= 0.6 is 23.2 Å². The molecule has 1 amide bonds. The first kappa shape index (κ1) is 29.0. The summed E-state index contributed by atoms with van der Waals surface area (Å²) in [4.78, 5) is 27.6. The number of carbonyl (C=O) groups is 2. The van der Waals surface area contributed by atoms with Crippen LogP contribution in [0.2, 0.25) is 10.0 Å². The molecule has 0 bridgehead atoms. The number of pyridine rings is 1. The maximum absolute atomic E-state index is 13.5. The fraction of sp³-hybridized carbons (Fsp3) is 0.312. The molecule has 1 aliphatic heterocycles. The van der Waals surface area contributed by atoms with Crippen LogP contribution in [0.3, 0.4) is 0 Å². The zero-order chi connectivity index (χ0) is 29.3. The summed E-state index contributed by atoms with van der Waals surface area (Å²) in [5.74, 6) is 0.569. The number of nitrogens with zero attached hydrogens (tertiary/aromatic N) is 4. The van der Waals surface area contributed by atoms with Crippen molar-refractivity contribution in [2.45, 2.75) is 51.7 Å². The Morgan fingerprint density at radius 2 is 1.80 bits per heavy atom. The number of nitrogens with two attached hydrogens (primary N) is 1. The van der Waals surface area contributed by atoms with E-state index in [1.54, 1.807) is 12.3 Å². The van der Waals surface area contributed by atoms with Crippen molar-refractivity contribution in [3.8, 4) is 16.9 Å². The van der Waals surface area contributed by atoms with E-state index in [2.05, 4.69) is 37.0 Å². The first-order valence-corrected chi connectivity index (χ1v) is 14.3. The summed E-state index contributed by atoms with van der Waals surface area (Å²) < 4.78 is 1.96. The lowest BCUT2D eigenvalue weighted by molar-refractivity contribution is -0.139. The first-order valence-electron chi connectivity index (χ1n) is 13.6. The molecule has 1 aliphatic carbocycles. The van der Waals surface area contributed by atoms with Gasteiger partial charge in [-0.05, 0) is 65.3 Å². The Kier molecular flexibility index (Phi) is 8.32. The Bertz CT molecular complexity index is 1550. The summed E-state index contributed by atoms with van der Waals surface area (Å²) in [7, 11) is 0. The normalized spacial score (nSPS) is 20.8. The number of aromatic nitrogens is 3. The molecule has 9 heteroatoms. The van der Waals surface area contributed by atoms with Crippen LogP contribution < -0.4 is 5.73 Å². The number of halogens is 2. The summed E-state index contributed by atoms with van der Waals surface area (Å²) in [6, 6.07) is 19.9. The van der Waals surface area contributed by atoms with Crippen molar-refractivity contribution in [2.75, 3.05) is 0 Å². The molecular weight excluding hydrogens is 557 g/mol. The van der Waals surface area contributed by atoms with Crippen molar-refractivity contribution < 1.29 is 9.59 Å². The Hall–Kier alpha value is -3.52. The van der Waals surface area contributed by atoms with E-state index in [0.717, 1.165) is 29.1 Å². The van der Waals surface area contributed by atoms with Crippen LogP contribution in [0.25, 0.3) is 16.9 Å². The molecule has 2 aromatic heterocycles. The van der Waals surface area contributed by atoms with E-state index in [0.29, 0.717) is 29.4 Å². The Morgan fingerprint density at radius 3 is 2.49 bits per heavy atom. The van der Waals surface area contributed by atoms with Crippen LogP contribution in [0.4, 0.5) is 0 Å². The molecule has 4 aromatic rings. The number of carbonyl (C=O) groups excluding carboxylic acids is 2. The van der Waals surface area contributed by atoms with E-state index in [4.69, 9.17) is 38.8 Å². The zero-order valence-corrected chi connectivity index (χ0v) is 24.6. The molecule has 6 rings (SSSR count). The molecule has 1 fully saturated rings. The number of fused-ring (bicyclic) bond motifs is 1. The van der Waals surface area contributed by atoms with Gasteiger partial charge >= 0.3 is 0 Å².